The Kier molecular flexibility index (Phi) is 3.69. The number of esters is 1. The monoisotopic (exact) mass is 259 g/mol. The van der Waals surface area contributed by atoms with Crippen molar-refractivity contribution in [1.29, 1.82) is 0 Å². The van der Waals surface area contributed by atoms with Gasteiger partial charge in [0.1, 0.15) is 0 Å². The van der Waals surface area contributed by atoms with Crippen molar-refractivity contribution in [2.75, 3.05) is 6.61 Å². The molecule has 0 aromatic heterocycles. The maximum atomic E-state index is 11.8. The number of amides is 1. The molecule has 4 heteroatoms. The van der Waals surface area contributed by atoms with E-state index in [0.717, 1.165) is 11.1 Å². The molecule has 1 aromatic rings. The highest BCUT2D eigenvalue weighted by atomic mass is 16.5. The van der Waals surface area contributed by atoms with E-state index in [0.29, 0.717) is 18.7 Å². The number of rotatable bonds is 4. The van der Waals surface area contributed by atoms with Crippen molar-refractivity contribution in [3.05, 3.63) is 47.5 Å². The van der Waals surface area contributed by atoms with Crippen molar-refractivity contribution >= 4 is 11.9 Å². The summed E-state index contributed by atoms with van der Waals surface area (Å²) in [4.78, 5) is 25.0. The van der Waals surface area contributed by atoms with Gasteiger partial charge in [0.25, 0.3) is 5.91 Å². The molecule has 1 heterocycles. The molecule has 0 radical (unpaired) electrons. The number of carbonyl (C=O) groups excluding carboxylic acids is 2. The first-order valence-corrected chi connectivity index (χ1v) is 6.26. The normalized spacial score (nSPS) is 18.2. The Balaban J connectivity index is 2.10. The third kappa shape index (κ3) is 2.52. The molecule has 1 aliphatic rings. The highest BCUT2D eigenvalue weighted by molar-refractivity contribution is 6.09. The van der Waals surface area contributed by atoms with E-state index in [4.69, 9.17) is 4.74 Å². The quantitative estimate of drug-likeness (QED) is 0.471. The molecule has 0 unspecified atom stereocenters. The van der Waals surface area contributed by atoms with Crippen LogP contribution in [-0.4, -0.2) is 29.4 Å². The van der Waals surface area contributed by atoms with E-state index in [1.54, 1.807) is 6.92 Å². The zero-order chi connectivity index (χ0) is 14.0. The van der Waals surface area contributed by atoms with Crippen molar-refractivity contribution in [2.45, 2.75) is 26.4 Å². The average Bonchev–Trinajstić information content (AvgIpc) is 2.40. The van der Waals surface area contributed by atoms with Crippen molar-refractivity contribution < 1.29 is 14.3 Å². The fourth-order valence-corrected chi connectivity index (χ4v) is 2.08. The molecular formula is C15H17NO3. The molecule has 1 amide bonds. The highest BCUT2D eigenvalue weighted by Crippen LogP contribution is 2.27. The van der Waals surface area contributed by atoms with Crippen LogP contribution in [0.4, 0.5) is 0 Å². The summed E-state index contributed by atoms with van der Waals surface area (Å²) in [6.45, 7) is 8.09. The molecule has 0 aliphatic carbocycles. The van der Waals surface area contributed by atoms with Gasteiger partial charge < -0.3 is 9.64 Å². The Morgan fingerprint density at radius 2 is 2.00 bits per heavy atom. The molecule has 1 atom stereocenters. The second-order valence-electron chi connectivity index (χ2n) is 4.60. The molecular weight excluding hydrogens is 242 g/mol. The Labute approximate surface area is 112 Å². The molecule has 4 nitrogen and oxygen atoms in total. The smallest absolute Gasteiger partial charge is 0.333 e. The summed E-state index contributed by atoms with van der Waals surface area (Å²) < 4.78 is 4.96. The molecule has 1 saturated heterocycles. The number of carbonyl (C=O) groups is 2. The molecule has 0 spiro atoms. The van der Waals surface area contributed by atoms with Gasteiger partial charge in [0.05, 0.1) is 6.61 Å². The summed E-state index contributed by atoms with van der Waals surface area (Å²) in [5.74, 6) is -0.585. The van der Waals surface area contributed by atoms with Crippen LogP contribution in [0.1, 0.15) is 18.1 Å². The molecule has 1 aromatic carbocycles. The number of benzene rings is 1. The van der Waals surface area contributed by atoms with Gasteiger partial charge in [-0.3, -0.25) is 4.79 Å². The van der Waals surface area contributed by atoms with Gasteiger partial charge in [-0.25, -0.2) is 4.79 Å². The molecule has 0 bridgehead atoms. The lowest BCUT2D eigenvalue weighted by atomic mass is 9.95. The minimum absolute atomic E-state index is 0.182. The Morgan fingerprint density at radius 1 is 1.37 bits per heavy atom. The van der Waals surface area contributed by atoms with Crippen LogP contribution in [0.5, 0.6) is 0 Å². The molecule has 1 fully saturated rings. The van der Waals surface area contributed by atoms with Crippen molar-refractivity contribution in [3.8, 4) is 0 Å². The van der Waals surface area contributed by atoms with Gasteiger partial charge in [0.2, 0.25) is 0 Å². The van der Waals surface area contributed by atoms with Crippen molar-refractivity contribution in [1.82, 2.24) is 4.90 Å². The van der Waals surface area contributed by atoms with E-state index in [1.165, 1.54) is 4.90 Å². The van der Waals surface area contributed by atoms with Crippen LogP contribution >= 0.6 is 0 Å². The van der Waals surface area contributed by atoms with Crippen LogP contribution in [-0.2, 0) is 20.9 Å². The van der Waals surface area contributed by atoms with Gasteiger partial charge in [-0.05, 0) is 19.4 Å². The van der Waals surface area contributed by atoms with Gasteiger partial charge >= 0.3 is 5.97 Å². The first kappa shape index (κ1) is 13.3. The molecule has 1 aliphatic heterocycles. The van der Waals surface area contributed by atoms with Crippen LogP contribution in [0.3, 0.4) is 0 Å². The fourth-order valence-electron chi connectivity index (χ4n) is 2.08. The molecule has 19 heavy (non-hydrogen) atoms. The predicted molar refractivity (Wildman–Crippen MR) is 71.3 cm³/mol. The Hall–Kier alpha value is -2.10. The standard InChI is InChI=1S/C15H17NO3/c1-4-19-15(18)13-11(3)14(17)16(13)9-12-7-5-10(2)6-8-12/h5-8,13H,3-4,9H2,1-2H3/t13-/m0/s1. The van der Waals surface area contributed by atoms with Crippen LogP contribution in [0, 0.1) is 6.92 Å². The number of aryl methyl sites for hydroxylation is 1. The topological polar surface area (TPSA) is 46.6 Å². The maximum absolute atomic E-state index is 11.8. The van der Waals surface area contributed by atoms with Crippen LogP contribution < -0.4 is 0 Å². The minimum atomic E-state index is -0.631. The third-order valence-electron chi connectivity index (χ3n) is 3.16. The van der Waals surface area contributed by atoms with Crippen LogP contribution in [0.2, 0.25) is 0 Å². The van der Waals surface area contributed by atoms with E-state index in [2.05, 4.69) is 6.58 Å². The fraction of sp³-hybridized carbons (Fsp3) is 0.333. The van der Waals surface area contributed by atoms with Crippen molar-refractivity contribution in [2.24, 2.45) is 0 Å². The average molecular weight is 259 g/mol. The lowest BCUT2D eigenvalue weighted by Gasteiger charge is -2.40. The summed E-state index contributed by atoms with van der Waals surface area (Å²) >= 11 is 0. The van der Waals surface area contributed by atoms with Crippen LogP contribution in [0.25, 0.3) is 0 Å². The molecule has 100 valence electrons. The van der Waals surface area contributed by atoms with Gasteiger partial charge in [-0.2, -0.15) is 0 Å². The largest absolute Gasteiger partial charge is 0.464 e. The number of hydrogen-bond donors (Lipinski definition) is 0. The summed E-state index contributed by atoms with van der Waals surface area (Å²) in [6, 6.07) is 7.23. The highest BCUT2D eigenvalue weighted by Gasteiger charge is 2.46. The summed E-state index contributed by atoms with van der Waals surface area (Å²) in [7, 11) is 0. The number of hydrogen-bond acceptors (Lipinski definition) is 3. The number of β-lactam (4-membered cyclic amide) rings is 1. The van der Waals surface area contributed by atoms with Gasteiger partial charge in [-0.15, -0.1) is 0 Å². The first-order valence-electron chi connectivity index (χ1n) is 6.26. The van der Waals surface area contributed by atoms with Gasteiger partial charge in [0, 0.05) is 12.1 Å². The zero-order valence-electron chi connectivity index (χ0n) is 11.2. The minimum Gasteiger partial charge on any atom is -0.464 e. The summed E-state index contributed by atoms with van der Waals surface area (Å²) in [5.41, 5.74) is 2.45. The Bertz CT molecular complexity index is 519. The molecule has 0 N–H and O–H groups in total. The van der Waals surface area contributed by atoms with E-state index < -0.39 is 12.0 Å². The van der Waals surface area contributed by atoms with Crippen LogP contribution in [0.15, 0.2) is 36.4 Å². The molecule has 2 rings (SSSR count). The first-order chi connectivity index (χ1) is 9.04. The lowest BCUT2D eigenvalue weighted by molar-refractivity contribution is -0.159. The lowest BCUT2D eigenvalue weighted by Crippen LogP contribution is -2.58. The number of nitrogens with zero attached hydrogens (tertiary/aromatic N) is 1. The third-order valence-corrected chi connectivity index (χ3v) is 3.16. The summed E-state index contributed by atoms with van der Waals surface area (Å²) in [5, 5.41) is 0. The van der Waals surface area contributed by atoms with E-state index in [-0.39, 0.29) is 5.91 Å². The number of likely N-dealkylation sites (tertiary alicyclic amines) is 1. The van der Waals surface area contributed by atoms with E-state index in [9.17, 15) is 9.59 Å². The zero-order valence-corrected chi connectivity index (χ0v) is 11.2. The van der Waals surface area contributed by atoms with E-state index >= 15 is 0 Å². The summed E-state index contributed by atoms with van der Waals surface area (Å²) in [6.07, 6.45) is 0. The SMILES string of the molecule is C=C1C(=O)N(Cc2ccc(C)cc2)[C@@H]1C(=O)OCC. The van der Waals surface area contributed by atoms with Gasteiger partial charge in [0.15, 0.2) is 6.04 Å². The maximum Gasteiger partial charge on any atom is 0.333 e. The number of ether oxygens (including phenoxy) is 1. The molecule has 0 saturated carbocycles. The van der Waals surface area contributed by atoms with Crippen molar-refractivity contribution in [3.63, 3.8) is 0 Å². The second-order valence-corrected chi connectivity index (χ2v) is 4.60. The van der Waals surface area contributed by atoms with E-state index in [1.807, 2.05) is 31.2 Å². The van der Waals surface area contributed by atoms with Gasteiger partial charge in [-0.1, -0.05) is 36.4 Å². The second kappa shape index (κ2) is 5.26. The predicted octanol–water partition coefficient (Wildman–Crippen LogP) is 1.83. The Morgan fingerprint density at radius 3 is 2.58 bits per heavy atom.